The van der Waals surface area contributed by atoms with Crippen molar-refractivity contribution in [3.8, 4) is 0 Å². The predicted octanol–water partition coefficient (Wildman–Crippen LogP) is 0.372. The van der Waals surface area contributed by atoms with Gasteiger partial charge in [0.2, 0.25) is 0 Å². The van der Waals surface area contributed by atoms with Crippen LogP contribution in [0.5, 0.6) is 0 Å². The first-order chi connectivity index (χ1) is 7.39. The molecule has 0 saturated heterocycles. The van der Waals surface area contributed by atoms with Gasteiger partial charge < -0.3 is 5.11 Å². The van der Waals surface area contributed by atoms with Gasteiger partial charge in [-0.05, 0) is 18.8 Å². The molecule has 1 aliphatic rings. The number of nitrogens with one attached hydrogen (secondary N) is 2. The largest absolute Gasteiger partial charge is 0.394 e. The zero-order valence-electron chi connectivity index (χ0n) is 9.99. The molecule has 0 spiro atoms. The van der Waals surface area contributed by atoms with Gasteiger partial charge in [0.15, 0.2) is 0 Å². The molecule has 0 aliphatic heterocycles. The van der Waals surface area contributed by atoms with Crippen molar-refractivity contribution in [1.82, 2.24) is 9.44 Å². The summed E-state index contributed by atoms with van der Waals surface area (Å²) in [5.41, 5.74) is -0.636. The SMILES string of the molecule is CC(C)CNS(=O)(=O)NC1(CO)CCCC1. The average molecular weight is 250 g/mol. The molecule has 96 valence electrons. The quantitative estimate of drug-likeness (QED) is 0.637. The molecule has 1 saturated carbocycles. The van der Waals surface area contributed by atoms with Crippen LogP contribution in [0.25, 0.3) is 0 Å². The molecule has 3 N–H and O–H groups in total. The van der Waals surface area contributed by atoms with Crippen LogP contribution in [0.2, 0.25) is 0 Å². The third-order valence-corrected chi connectivity index (χ3v) is 4.14. The number of hydrogen-bond acceptors (Lipinski definition) is 3. The summed E-state index contributed by atoms with van der Waals surface area (Å²) in [5.74, 6) is 0.269. The second kappa shape index (κ2) is 5.44. The Morgan fingerprint density at radius 3 is 2.31 bits per heavy atom. The fourth-order valence-electron chi connectivity index (χ4n) is 1.94. The van der Waals surface area contributed by atoms with Gasteiger partial charge in [-0.1, -0.05) is 26.7 Å². The summed E-state index contributed by atoms with van der Waals surface area (Å²) in [5, 5.41) is 9.30. The van der Waals surface area contributed by atoms with Crippen molar-refractivity contribution in [3.63, 3.8) is 0 Å². The fourth-order valence-corrected chi connectivity index (χ4v) is 3.41. The Kier molecular flexibility index (Phi) is 4.73. The van der Waals surface area contributed by atoms with Crippen molar-refractivity contribution >= 4 is 10.2 Å². The molecule has 1 fully saturated rings. The van der Waals surface area contributed by atoms with Crippen molar-refractivity contribution in [2.75, 3.05) is 13.2 Å². The van der Waals surface area contributed by atoms with Gasteiger partial charge in [0, 0.05) is 6.54 Å². The highest BCUT2D eigenvalue weighted by molar-refractivity contribution is 7.87. The molecule has 0 heterocycles. The van der Waals surface area contributed by atoms with E-state index in [9.17, 15) is 13.5 Å². The normalized spacial score (nSPS) is 20.5. The van der Waals surface area contributed by atoms with Crippen molar-refractivity contribution < 1.29 is 13.5 Å². The maximum atomic E-state index is 11.7. The van der Waals surface area contributed by atoms with E-state index in [0.29, 0.717) is 19.4 Å². The molecular formula is C10H22N2O3S. The monoisotopic (exact) mass is 250 g/mol. The lowest BCUT2D eigenvalue weighted by Gasteiger charge is -2.27. The Morgan fingerprint density at radius 1 is 1.31 bits per heavy atom. The van der Waals surface area contributed by atoms with Crippen molar-refractivity contribution in [2.45, 2.75) is 45.1 Å². The van der Waals surface area contributed by atoms with Gasteiger partial charge in [-0.2, -0.15) is 13.1 Å². The standard InChI is InChI=1S/C10H22N2O3S/c1-9(2)7-11-16(14,15)12-10(8-13)5-3-4-6-10/h9,11-13H,3-8H2,1-2H3. The summed E-state index contributed by atoms with van der Waals surface area (Å²) in [6.07, 6.45) is 3.36. The highest BCUT2D eigenvalue weighted by Crippen LogP contribution is 2.29. The topological polar surface area (TPSA) is 78.4 Å². The Hall–Kier alpha value is -0.170. The van der Waals surface area contributed by atoms with E-state index in [2.05, 4.69) is 9.44 Å². The van der Waals surface area contributed by atoms with E-state index in [1.165, 1.54) is 0 Å². The number of aliphatic hydroxyl groups is 1. The lowest BCUT2D eigenvalue weighted by Crippen LogP contribution is -2.53. The van der Waals surface area contributed by atoms with E-state index in [1.807, 2.05) is 13.8 Å². The van der Waals surface area contributed by atoms with Crippen LogP contribution < -0.4 is 9.44 Å². The van der Waals surface area contributed by atoms with E-state index >= 15 is 0 Å². The highest BCUT2D eigenvalue weighted by atomic mass is 32.2. The lowest BCUT2D eigenvalue weighted by molar-refractivity contribution is 0.185. The first kappa shape index (κ1) is 13.9. The maximum Gasteiger partial charge on any atom is 0.277 e. The molecule has 0 aromatic carbocycles. The fraction of sp³-hybridized carbons (Fsp3) is 1.00. The van der Waals surface area contributed by atoms with E-state index in [4.69, 9.17) is 0 Å². The van der Waals surface area contributed by atoms with Crippen LogP contribution in [-0.4, -0.2) is 32.2 Å². The van der Waals surface area contributed by atoms with Gasteiger partial charge in [-0.25, -0.2) is 4.72 Å². The van der Waals surface area contributed by atoms with E-state index in [1.54, 1.807) is 0 Å². The molecular weight excluding hydrogens is 228 g/mol. The number of aliphatic hydroxyl groups excluding tert-OH is 1. The Balaban J connectivity index is 2.56. The minimum atomic E-state index is -3.49. The van der Waals surface area contributed by atoms with Crippen LogP contribution in [0.4, 0.5) is 0 Å². The van der Waals surface area contributed by atoms with Gasteiger partial charge in [0.1, 0.15) is 0 Å². The van der Waals surface area contributed by atoms with E-state index < -0.39 is 15.7 Å². The molecule has 0 unspecified atom stereocenters. The molecule has 5 nitrogen and oxygen atoms in total. The molecule has 0 atom stereocenters. The molecule has 1 aliphatic carbocycles. The molecule has 0 amide bonds. The molecule has 0 aromatic heterocycles. The number of hydrogen-bond donors (Lipinski definition) is 3. The molecule has 0 radical (unpaired) electrons. The van der Waals surface area contributed by atoms with E-state index in [-0.39, 0.29) is 12.5 Å². The molecule has 6 heteroatoms. The zero-order valence-corrected chi connectivity index (χ0v) is 10.8. The first-order valence-corrected chi connectivity index (χ1v) is 7.27. The van der Waals surface area contributed by atoms with Crippen LogP contribution in [0.15, 0.2) is 0 Å². The first-order valence-electron chi connectivity index (χ1n) is 5.78. The average Bonchev–Trinajstić information content (AvgIpc) is 2.64. The highest BCUT2D eigenvalue weighted by Gasteiger charge is 2.36. The van der Waals surface area contributed by atoms with Crippen molar-refractivity contribution in [2.24, 2.45) is 5.92 Å². The molecule has 0 bridgehead atoms. The smallest absolute Gasteiger partial charge is 0.277 e. The van der Waals surface area contributed by atoms with Crippen LogP contribution >= 0.6 is 0 Å². The van der Waals surface area contributed by atoms with Gasteiger partial charge in [0.25, 0.3) is 10.2 Å². The third-order valence-electron chi connectivity index (χ3n) is 2.90. The minimum Gasteiger partial charge on any atom is -0.394 e. The summed E-state index contributed by atoms with van der Waals surface area (Å²) >= 11 is 0. The van der Waals surface area contributed by atoms with Crippen LogP contribution in [0.1, 0.15) is 39.5 Å². The van der Waals surface area contributed by atoms with Gasteiger partial charge in [-0.15, -0.1) is 0 Å². The molecule has 0 aromatic rings. The summed E-state index contributed by atoms with van der Waals surface area (Å²) < 4.78 is 28.5. The zero-order chi connectivity index (χ0) is 12.2. The van der Waals surface area contributed by atoms with Crippen LogP contribution in [-0.2, 0) is 10.2 Å². The van der Waals surface area contributed by atoms with Gasteiger partial charge in [0.05, 0.1) is 12.1 Å². The number of rotatable bonds is 6. The maximum absolute atomic E-state index is 11.7. The van der Waals surface area contributed by atoms with Gasteiger partial charge >= 0.3 is 0 Å². The van der Waals surface area contributed by atoms with Crippen molar-refractivity contribution in [1.29, 1.82) is 0 Å². The van der Waals surface area contributed by atoms with Crippen LogP contribution in [0.3, 0.4) is 0 Å². The molecule has 16 heavy (non-hydrogen) atoms. The Morgan fingerprint density at radius 2 is 1.88 bits per heavy atom. The third kappa shape index (κ3) is 4.01. The summed E-state index contributed by atoms with van der Waals surface area (Å²) in [4.78, 5) is 0. The Bertz CT molecular complexity index is 308. The van der Waals surface area contributed by atoms with Crippen molar-refractivity contribution in [3.05, 3.63) is 0 Å². The van der Waals surface area contributed by atoms with Crippen LogP contribution in [0, 0.1) is 5.92 Å². The Labute approximate surface area is 97.8 Å². The summed E-state index contributed by atoms with van der Waals surface area (Å²) in [6, 6.07) is 0. The lowest BCUT2D eigenvalue weighted by atomic mass is 10.0. The second-order valence-corrected chi connectivity index (χ2v) is 6.49. The van der Waals surface area contributed by atoms with E-state index in [0.717, 1.165) is 12.8 Å². The minimum absolute atomic E-state index is 0.129. The molecule has 1 rings (SSSR count). The predicted molar refractivity (Wildman–Crippen MR) is 63.2 cm³/mol. The summed E-state index contributed by atoms with van der Waals surface area (Å²) in [7, 11) is -3.49. The second-order valence-electron chi connectivity index (χ2n) is 4.99. The summed E-state index contributed by atoms with van der Waals surface area (Å²) in [6.45, 7) is 4.17. The van der Waals surface area contributed by atoms with Gasteiger partial charge in [-0.3, -0.25) is 0 Å².